The Morgan fingerprint density at radius 3 is 2.45 bits per heavy atom. The lowest BCUT2D eigenvalue weighted by molar-refractivity contribution is -0.739. The van der Waals surface area contributed by atoms with Crippen molar-refractivity contribution in [3.8, 4) is 0 Å². The molecular weight excluding hydrogens is 250 g/mol. The molecule has 1 fully saturated rings. The number of likely N-dealkylation sites (tertiary alicyclic amines) is 1. The van der Waals surface area contributed by atoms with Gasteiger partial charge in [0, 0.05) is 0 Å². The van der Waals surface area contributed by atoms with Crippen LogP contribution in [0.1, 0.15) is 55.2 Å². The lowest BCUT2D eigenvalue weighted by atomic mass is 9.84. The van der Waals surface area contributed by atoms with Gasteiger partial charge in [0.2, 0.25) is 0 Å². The summed E-state index contributed by atoms with van der Waals surface area (Å²) >= 11 is 0. The quantitative estimate of drug-likeness (QED) is 0.613. The molecule has 1 unspecified atom stereocenters. The number of hydrogen-bond donors (Lipinski definition) is 0. The van der Waals surface area contributed by atoms with E-state index in [1.165, 1.54) is 5.56 Å². The summed E-state index contributed by atoms with van der Waals surface area (Å²) in [6.07, 6.45) is 1.12. The molecule has 2 amide bonds. The summed E-state index contributed by atoms with van der Waals surface area (Å²) in [4.78, 5) is 24.6. The van der Waals surface area contributed by atoms with Crippen molar-refractivity contribution < 1.29 is 14.1 Å². The highest BCUT2D eigenvalue weighted by molar-refractivity contribution is 5.91. The summed E-state index contributed by atoms with van der Waals surface area (Å²) in [5.74, 6) is 0.327. The Bertz CT molecular complexity index is 558. The fourth-order valence-corrected chi connectivity index (χ4v) is 2.87. The van der Waals surface area contributed by atoms with Crippen molar-refractivity contribution in [3.63, 3.8) is 0 Å². The van der Waals surface area contributed by atoms with E-state index in [0.717, 1.165) is 11.1 Å². The highest BCUT2D eigenvalue weighted by Gasteiger charge is 2.45. The number of quaternary nitrogens is 1. The molecule has 1 aromatic rings. The summed E-state index contributed by atoms with van der Waals surface area (Å²) < 4.78 is -0.129. The Morgan fingerprint density at radius 2 is 1.85 bits per heavy atom. The summed E-state index contributed by atoms with van der Waals surface area (Å²) in [5.41, 5.74) is 3.49. The van der Waals surface area contributed by atoms with Gasteiger partial charge >= 0.3 is 11.8 Å². The Morgan fingerprint density at radius 1 is 1.20 bits per heavy atom. The van der Waals surface area contributed by atoms with E-state index in [0.29, 0.717) is 18.8 Å². The number of piperidine rings is 1. The zero-order chi connectivity index (χ0) is 15.1. The van der Waals surface area contributed by atoms with Crippen LogP contribution in [0.25, 0.3) is 0 Å². The van der Waals surface area contributed by atoms with Gasteiger partial charge in [0.1, 0.15) is 5.92 Å². The van der Waals surface area contributed by atoms with Gasteiger partial charge in [-0.1, -0.05) is 32.0 Å². The van der Waals surface area contributed by atoms with Crippen molar-refractivity contribution in [3.05, 3.63) is 34.9 Å². The molecule has 0 radical (unpaired) electrons. The average molecular weight is 274 g/mol. The smallest absolute Gasteiger partial charge is 0.230 e. The van der Waals surface area contributed by atoms with E-state index < -0.39 is 0 Å². The van der Waals surface area contributed by atoms with Gasteiger partial charge in [-0.05, 0) is 36.0 Å². The molecule has 3 nitrogen and oxygen atoms in total. The van der Waals surface area contributed by atoms with Crippen LogP contribution in [-0.2, 0) is 9.59 Å². The molecule has 0 spiro atoms. The second-order valence-corrected chi connectivity index (χ2v) is 6.55. The first-order valence-electron chi connectivity index (χ1n) is 7.27. The molecule has 20 heavy (non-hydrogen) atoms. The number of imide groups is 1. The third kappa shape index (κ3) is 2.42. The largest absolute Gasteiger partial charge is 0.328 e. The van der Waals surface area contributed by atoms with Gasteiger partial charge in [0.15, 0.2) is 0 Å². The molecular formula is C17H24NO2+. The molecule has 1 aliphatic rings. The maximum absolute atomic E-state index is 12.6. The molecule has 108 valence electrons. The summed E-state index contributed by atoms with van der Waals surface area (Å²) in [7, 11) is 3.41. The van der Waals surface area contributed by atoms with E-state index in [1.54, 1.807) is 14.1 Å². The number of hydrogen-bond acceptors (Lipinski definition) is 2. The van der Waals surface area contributed by atoms with E-state index in [9.17, 15) is 9.59 Å². The van der Waals surface area contributed by atoms with E-state index in [1.807, 2.05) is 6.92 Å². The lowest BCUT2D eigenvalue weighted by Gasteiger charge is -2.33. The van der Waals surface area contributed by atoms with E-state index >= 15 is 0 Å². The molecule has 0 N–H and O–H groups in total. The number of aryl methyl sites for hydroxylation is 1. The van der Waals surface area contributed by atoms with Gasteiger partial charge in [-0.3, -0.25) is 0 Å². The van der Waals surface area contributed by atoms with Crippen LogP contribution < -0.4 is 0 Å². The number of carbonyl (C=O) groups excluding carboxylic acids is 2. The van der Waals surface area contributed by atoms with Crippen molar-refractivity contribution in [1.29, 1.82) is 0 Å². The predicted octanol–water partition coefficient (Wildman–Crippen LogP) is 3.13. The molecule has 0 aromatic heterocycles. The first-order chi connectivity index (χ1) is 9.25. The van der Waals surface area contributed by atoms with Gasteiger partial charge in [0.25, 0.3) is 0 Å². The van der Waals surface area contributed by atoms with Crippen LogP contribution in [0.5, 0.6) is 0 Å². The number of likely N-dealkylation sites (N-methyl/N-ethyl adjacent to an activating group) is 1. The van der Waals surface area contributed by atoms with Crippen LogP contribution in [0.4, 0.5) is 0 Å². The van der Waals surface area contributed by atoms with Crippen LogP contribution in [0, 0.1) is 6.92 Å². The minimum atomic E-state index is -0.151. The first kappa shape index (κ1) is 14.9. The third-order valence-corrected chi connectivity index (χ3v) is 4.46. The van der Waals surface area contributed by atoms with Gasteiger partial charge in [-0.25, -0.2) is 14.1 Å². The zero-order valence-corrected chi connectivity index (χ0v) is 13.1. The number of benzene rings is 1. The van der Waals surface area contributed by atoms with Crippen LogP contribution in [-0.4, -0.2) is 30.4 Å². The Hall–Kier alpha value is -1.48. The number of rotatable bonds is 2. The molecule has 0 saturated carbocycles. The van der Waals surface area contributed by atoms with Crippen molar-refractivity contribution in [2.45, 2.75) is 45.4 Å². The fourth-order valence-electron chi connectivity index (χ4n) is 2.87. The molecule has 3 heteroatoms. The minimum absolute atomic E-state index is 0.0175. The van der Waals surface area contributed by atoms with Crippen LogP contribution >= 0.6 is 0 Å². The Balaban J connectivity index is 2.44. The maximum Gasteiger partial charge on any atom is 0.328 e. The van der Waals surface area contributed by atoms with E-state index in [2.05, 4.69) is 32.0 Å². The lowest BCUT2D eigenvalue weighted by Crippen LogP contribution is -2.55. The van der Waals surface area contributed by atoms with Gasteiger partial charge < -0.3 is 0 Å². The standard InChI is InChI=1S/C17H24NO2/c1-11(2)13-7-6-12(3)15(10-13)14-8-9-16(19)18(4,5)17(14)20/h6-7,10-11,14H,8-9H2,1-5H3/q+1. The number of nitrogens with zero attached hydrogens (tertiary/aromatic N) is 1. The fraction of sp³-hybridized carbons (Fsp3) is 0.529. The Labute approximate surface area is 121 Å². The van der Waals surface area contributed by atoms with E-state index in [-0.39, 0.29) is 22.2 Å². The number of amides is 2. The normalized spacial score (nSPS) is 22.4. The summed E-state index contributed by atoms with van der Waals surface area (Å²) in [6, 6.07) is 6.37. The molecule has 1 atom stereocenters. The molecule has 1 aromatic carbocycles. The predicted molar refractivity (Wildman–Crippen MR) is 79.4 cm³/mol. The van der Waals surface area contributed by atoms with Crippen molar-refractivity contribution in [1.82, 2.24) is 0 Å². The molecule has 1 heterocycles. The summed E-state index contributed by atoms with van der Waals surface area (Å²) in [6.45, 7) is 6.35. The molecule has 2 rings (SSSR count). The average Bonchev–Trinajstić information content (AvgIpc) is 2.38. The second-order valence-electron chi connectivity index (χ2n) is 6.55. The van der Waals surface area contributed by atoms with Gasteiger partial charge in [-0.2, -0.15) is 0 Å². The second kappa shape index (κ2) is 5.13. The summed E-state index contributed by atoms with van der Waals surface area (Å²) in [5, 5.41) is 0. The third-order valence-electron chi connectivity index (χ3n) is 4.46. The highest BCUT2D eigenvalue weighted by atomic mass is 16.2. The maximum atomic E-state index is 12.6. The highest BCUT2D eigenvalue weighted by Crippen LogP contribution is 2.34. The van der Waals surface area contributed by atoms with Crippen molar-refractivity contribution in [2.24, 2.45) is 0 Å². The Kier molecular flexibility index (Phi) is 3.83. The molecule has 0 bridgehead atoms. The van der Waals surface area contributed by atoms with Crippen LogP contribution in [0.3, 0.4) is 0 Å². The zero-order valence-electron chi connectivity index (χ0n) is 13.1. The SMILES string of the molecule is Cc1ccc(C(C)C)cc1C1CCC(=O)[N+](C)(C)C1=O. The van der Waals surface area contributed by atoms with Gasteiger partial charge in [0.05, 0.1) is 20.5 Å². The van der Waals surface area contributed by atoms with Gasteiger partial charge in [-0.15, -0.1) is 0 Å². The molecule has 1 aliphatic heterocycles. The van der Waals surface area contributed by atoms with E-state index in [4.69, 9.17) is 0 Å². The first-order valence-corrected chi connectivity index (χ1v) is 7.27. The topological polar surface area (TPSA) is 34.1 Å². The molecule has 1 saturated heterocycles. The van der Waals surface area contributed by atoms with Crippen LogP contribution in [0.15, 0.2) is 18.2 Å². The monoisotopic (exact) mass is 274 g/mol. The van der Waals surface area contributed by atoms with Crippen molar-refractivity contribution >= 4 is 11.8 Å². The van der Waals surface area contributed by atoms with Crippen molar-refractivity contribution in [2.75, 3.05) is 14.1 Å². The minimum Gasteiger partial charge on any atom is -0.230 e. The van der Waals surface area contributed by atoms with Crippen LogP contribution in [0.2, 0.25) is 0 Å². The number of carbonyl (C=O) groups is 2. The molecule has 0 aliphatic carbocycles.